The van der Waals surface area contributed by atoms with E-state index in [0.29, 0.717) is 12.1 Å². The highest BCUT2D eigenvalue weighted by Gasteiger charge is 2.21. The van der Waals surface area contributed by atoms with E-state index < -0.39 is 12.1 Å². The summed E-state index contributed by atoms with van der Waals surface area (Å²) in [7, 11) is 0. The first-order valence-corrected chi connectivity index (χ1v) is 8.42. The molecule has 2 aromatic carbocycles. The Morgan fingerprint density at radius 1 is 1.08 bits per heavy atom. The van der Waals surface area contributed by atoms with Crippen molar-refractivity contribution in [2.75, 3.05) is 11.9 Å². The van der Waals surface area contributed by atoms with E-state index in [4.69, 9.17) is 5.26 Å². The summed E-state index contributed by atoms with van der Waals surface area (Å²) in [5.41, 5.74) is 2.55. The van der Waals surface area contributed by atoms with E-state index in [0.717, 1.165) is 11.1 Å². The maximum Gasteiger partial charge on any atom is 0.319 e. The Bertz CT molecular complexity index is 784. The maximum absolute atomic E-state index is 12.4. The zero-order valence-corrected chi connectivity index (χ0v) is 14.7. The van der Waals surface area contributed by atoms with Gasteiger partial charge in [-0.1, -0.05) is 48.5 Å². The minimum Gasteiger partial charge on any atom is -0.353 e. The van der Waals surface area contributed by atoms with E-state index in [1.54, 1.807) is 6.07 Å². The first-order valence-electron chi connectivity index (χ1n) is 8.42. The molecule has 0 aliphatic rings. The second-order valence-corrected chi connectivity index (χ2v) is 5.85. The van der Waals surface area contributed by atoms with Crippen molar-refractivity contribution < 1.29 is 9.59 Å². The molecule has 0 aromatic heterocycles. The largest absolute Gasteiger partial charge is 0.353 e. The Balaban J connectivity index is 2.04. The van der Waals surface area contributed by atoms with Gasteiger partial charge >= 0.3 is 6.03 Å². The summed E-state index contributed by atoms with van der Waals surface area (Å²) >= 11 is 0. The fraction of sp³-hybridized carbons (Fsp3) is 0.250. The van der Waals surface area contributed by atoms with Crippen LogP contribution in [0, 0.1) is 18.3 Å². The van der Waals surface area contributed by atoms with Gasteiger partial charge in [-0.05, 0) is 24.1 Å². The van der Waals surface area contributed by atoms with Gasteiger partial charge in [-0.15, -0.1) is 0 Å². The molecule has 0 aliphatic carbocycles. The third-order valence-corrected chi connectivity index (χ3v) is 3.83. The molecule has 0 fully saturated rings. The third kappa shape index (κ3) is 5.95. The number of aryl methyl sites for hydroxylation is 1. The van der Waals surface area contributed by atoms with Gasteiger partial charge in [0.2, 0.25) is 5.91 Å². The quantitative estimate of drug-likeness (QED) is 0.670. The predicted molar refractivity (Wildman–Crippen MR) is 101 cm³/mol. The number of nitrogens with one attached hydrogen (secondary N) is 3. The second kappa shape index (κ2) is 9.84. The first kappa shape index (κ1) is 19.0. The van der Waals surface area contributed by atoms with Gasteiger partial charge in [-0.2, -0.15) is 5.26 Å². The Hall–Kier alpha value is -3.33. The highest BCUT2D eigenvalue weighted by molar-refractivity contribution is 5.94. The van der Waals surface area contributed by atoms with Crippen LogP contribution >= 0.6 is 0 Å². The minimum atomic E-state index is -0.736. The molecule has 1 unspecified atom stereocenters. The number of carbonyl (C=O) groups is 2. The molecule has 6 nitrogen and oxygen atoms in total. The molecule has 0 spiro atoms. The molecule has 0 radical (unpaired) electrons. The lowest BCUT2D eigenvalue weighted by Gasteiger charge is -2.19. The number of rotatable bonds is 7. The lowest BCUT2D eigenvalue weighted by Crippen LogP contribution is -2.49. The number of hydrogen-bond acceptors (Lipinski definition) is 3. The van der Waals surface area contributed by atoms with Crippen LogP contribution in [0.2, 0.25) is 0 Å². The van der Waals surface area contributed by atoms with Crippen molar-refractivity contribution in [3.63, 3.8) is 0 Å². The van der Waals surface area contributed by atoms with Crippen molar-refractivity contribution >= 4 is 17.6 Å². The van der Waals surface area contributed by atoms with Gasteiger partial charge in [0, 0.05) is 18.7 Å². The van der Waals surface area contributed by atoms with Crippen LogP contribution in [0.25, 0.3) is 0 Å². The Morgan fingerprint density at radius 2 is 1.77 bits per heavy atom. The van der Waals surface area contributed by atoms with E-state index in [9.17, 15) is 9.59 Å². The number of para-hydroxylation sites is 1. The number of urea groups is 1. The number of nitrogens with zero attached hydrogens (tertiary/aromatic N) is 1. The molecule has 0 saturated heterocycles. The molecule has 6 heteroatoms. The average molecular weight is 350 g/mol. The van der Waals surface area contributed by atoms with E-state index in [1.165, 1.54) is 0 Å². The molecule has 134 valence electrons. The monoisotopic (exact) mass is 350 g/mol. The van der Waals surface area contributed by atoms with Crippen molar-refractivity contribution in [1.82, 2.24) is 10.6 Å². The SMILES string of the molecule is Cc1ccccc1NC(=O)NC(Cc1ccccc1)C(=O)NCCC#N. The van der Waals surface area contributed by atoms with Crippen LogP contribution in [0.3, 0.4) is 0 Å². The highest BCUT2D eigenvalue weighted by Crippen LogP contribution is 2.13. The van der Waals surface area contributed by atoms with Gasteiger partial charge in [0.25, 0.3) is 0 Å². The average Bonchev–Trinajstić information content (AvgIpc) is 2.64. The van der Waals surface area contributed by atoms with Crippen molar-refractivity contribution in [3.8, 4) is 6.07 Å². The van der Waals surface area contributed by atoms with Crippen molar-refractivity contribution in [2.45, 2.75) is 25.8 Å². The van der Waals surface area contributed by atoms with Gasteiger partial charge < -0.3 is 16.0 Å². The Kier molecular flexibility index (Phi) is 7.19. The molecule has 0 saturated carbocycles. The van der Waals surface area contributed by atoms with Gasteiger partial charge in [0.05, 0.1) is 12.5 Å². The summed E-state index contributed by atoms with van der Waals surface area (Å²) in [6, 6.07) is 17.7. The molecule has 2 rings (SSSR count). The summed E-state index contributed by atoms with van der Waals surface area (Å²) < 4.78 is 0. The van der Waals surface area contributed by atoms with Crippen LogP contribution in [0.15, 0.2) is 54.6 Å². The number of amides is 3. The molecule has 2 aromatic rings. The molecule has 0 heterocycles. The van der Waals surface area contributed by atoms with Gasteiger partial charge in [-0.3, -0.25) is 4.79 Å². The van der Waals surface area contributed by atoms with Gasteiger partial charge in [0.1, 0.15) is 6.04 Å². The smallest absolute Gasteiger partial charge is 0.319 e. The lowest BCUT2D eigenvalue weighted by molar-refractivity contribution is -0.122. The van der Waals surface area contributed by atoms with Crippen LogP contribution in [-0.4, -0.2) is 24.5 Å². The first-order chi connectivity index (χ1) is 12.6. The molecule has 0 bridgehead atoms. The normalized spacial score (nSPS) is 11.1. The van der Waals surface area contributed by atoms with Crippen LogP contribution < -0.4 is 16.0 Å². The van der Waals surface area contributed by atoms with E-state index in [2.05, 4.69) is 16.0 Å². The van der Waals surface area contributed by atoms with E-state index in [1.807, 2.05) is 61.5 Å². The van der Waals surface area contributed by atoms with Crippen LogP contribution in [0.4, 0.5) is 10.5 Å². The number of carbonyl (C=O) groups excluding carboxylic acids is 2. The highest BCUT2D eigenvalue weighted by atomic mass is 16.2. The van der Waals surface area contributed by atoms with Gasteiger partial charge in [0.15, 0.2) is 0 Å². The molecule has 0 aliphatic heterocycles. The van der Waals surface area contributed by atoms with Crippen molar-refractivity contribution in [2.24, 2.45) is 0 Å². The van der Waals surface area contributed by atoms with Crippen LogP contribution in [-0.2, 0) is 11.2 Å². The molecule has 1 atom stereocenters. The summed E-state index contributed by atoms with van der Waals surface area (Å²) in [6.45, 7) is 2.15. The maximum atomic E-state index is 12.4. The Labute approximate surface area is 153 Å². The fourth-order valence-corrected chi connectivity index (χ4v) is 2.45. The van der Waals surface area contributed by atoms with Crippen LogP contribution in [0.1, 0.15) is 17.5 Å². The lowest BCUT2D eigenvalue weighted by atomic mass is 10.1. The number of anilines is 1. The summed E-state index contributed by atoms with van der Waals surface area (Å²) in [5.74, 6) is -0.316. The van der Waals surface area contributed by atoms with Gasteiger partial charge in [-0.25, -0.2) is 4.79 Å². The summed E-state index contributed by atoms with van der Waals surface area (Å²) in [5, 5.41) is 16.8. The molecule has 3 amide bonds. The summed E-state index contributed by atoms with van der Waals surface area (Å²) in [6.07, 6.45) is 0.583. The van der Waals surface area contributed by atoms with E-state index >= 15 is 0 Å². The second-order valence-electron chi connectivity index (χ2n) is 5.85. The zero-order chi connectivity index (χ0) is 18.8. The topological polar surface area (TPSA) is 94.0 Å². The number of benzene rings is 2. The standard InChI is InChI=1S/C20H22N4O2/c1-15-8-5-6-11-17(15)23-20(26)24-18(19(25)22-13-7-12-21)14-16-9-3-2-4-10-16/h2-6,8-11,18H,7,13-14H2,1H3,(H,22,25)(H2,23,24,26). The molecule has 26 heavy (non-hydrogen) atoms. The molecular formula is C20H22N4O2. The molecular weight excluding hydrogens is 328 g/mol. The predicted octanol–water partition coefficient (Wildman–Crippen LogP) is 2.76. The third-order valence-electron chi connectivity index (χ3n) is 3.83. The summed E-state index contributed by atoms with van der Waals surface area (Å²) in [4.78, 5) is 24.8. The Morgan fingerprint density at radius 3 is 2.46 bits per heavy atom. The number of hydrogen-bond donors (Lipinski definition) is 3. The zero-order valence-electron chi connectivity index (χ0n) is 14.7. The van der Waals surface area contributed by atoms with E-state index in [-0.39, 0.29) is 18.9 Å². The molecule has 3 N–H and O–H groups in total. The number of nitriles is 1. The fourth-order valence-electron chi connectivity index (χ4n) is 2.45. The van der Waals surface area contributed by atoms with Crippen LogP contribution in [0.5, 0.6) is 0 Å². The van der Waals surface area contributed by atoms with Crippen molar-refractivity contribution in [3.05, 3.63) is 65.7 Å². The minimum absolute atomic E-state index is 0.221. The van der Waals surface area contributed by atoms with Crippen molar-refractivity contribution in [1.29, 1.82) is 5.26 Å².